The highest BCUT2D eigenvalue weighted by Gasteiger charge is 2.43. The molecule has 4 nitrogen and oxygen atoms in total. The van der Waals surface area contributed by atoms with Crippen molar-refractivity contribution < 1.29 is 22.7 Å². The fourth-order valence-electron chi connectivity index (χ4n) is 4.09. The molecule has 0 saturated carbocycles. The van der Waals surface area contributed by atoms with Crippen molar-refractivity contribution in [1.82, 2.24) is 0 Å². The number of amides is 1. The molecule has 0 bridgehead atoms. The number of hydrogen-bond donors (Lipinski definition) is 1. The predicted molar refractivity (Wildman–Crippen MR) is 105 cm³/mol. The SMILES string of the molecule is CCC1COc2cc(N(Cc3cccc4c3NCCC4)C(=O)C(F)(F)F)ccc21. The van der Waals surface area contributed by atoms with Gasteiger partial charge in [0.15, 0.2) is 0 Å². The van der Waals surface area contributed by atoms with Crippen molar-refractivity contribution in [2.24, 2.45) is 0 Å². The zero-order valence-electron chi connectivity index (χ0n) is 16.2. The number of anilines is 2. The summed E-state index contributed by atoms with van der Waals surface area (Å²) in [7, 11) is 0. The van der Waals surface area contributed by atoms with Gasteiger partial charge in [0.05, 0.1) is 13.2 Å². The van der Waals surface area contributed by atoms with Crippen LogP contribution in [0, 0.1) is 0 Å². The van der Waals surface area contributed by atoms with Gasteiger partial charge >= 0.3 is 12.1 Å². The van der Waals surface area contributed by atoms with E-state index in [1.165, 1.54) is 0 Å². The largest absolute Gasteiger partial charge is 0.493 e. The van der Waals surface area contributed by atoms with E-state index in [0.717, 1.165) is 47.5 Å². The molecule has 154 valence electrons. The molecular formula is C22H23F3N2O2. The number of benzene rings is 2. The topological polar surface area (TPSA) is 41.6 Å². The maximum atomic E-state index is 13.4. The van der Waals surface area contributed by atoms with Crippen LogP contribution in [-0.4, -0.2) is 25.2 Å². The first kappa shape index (κ1) is 19.6. The van der Waals surface area contributed by atoms with Crippen LogP contribution < -0.4 is 15.0 Å². The van der Waals surface area contributed by atoms with Crippen LogP contribution >= 0.6 is 0 Å². The van der Waals surface area contributed by atoms with Crippen molar-refractivity contribution in [1.29, 1.82) is 0 Å². The molecule has 1 N–H and O–H groups in total. The number of aryl methyl sites for hydroxylation is 1. The summed E-state index contributed by atoms with van der Waals surface area (Å²) in [6.45, 7) is 3.16. The first-order chi connectivity index (χ1) is 13.9. The van der Waals surface area contributed by atoms with Gasteiger partial charge in [-0.1, -0.05) is 31.2 Å². The minimum atomic E-state index is -4.96. The molecular weight excluding hydrogens is 381 g/mol. The predicted octanol–water partition coefficient (Wildman–Crippen LogP) is 5.03. The van der Waals surface area contributed by atoms with Crippen LogP contribution in [-0.2, 0) is 17.8 Å². The molecule has 2 aliphatic heterocycles. The Morgan fingerprint density at radius 2 is 2.10 bits per heavy atom. The van der Waals surface area contributed by atoms with Crippen molar-refractivity contribution in [2.75, 3.05) is 23.4 Å². The number of carbonyl (C=O) groups is 1. The Balaban J connectivity index is 1.72. The monoisotopic (exact) mass is 404 g/mol. The average Bonchev–Trinajstić information content (AvgIpc) is 3.13. The summed E-state index contributed by atoms with van der Waals surface area (Å²) in [5.41, 5.74) is 3.75. The summed E-state index contributed by atoms with van der Waals surface area (Å²) in [6, 6.07) is 10.5. The van der Waals surface area contributed by atoms with Crippen LogP contribution in [0.5, 0.6) is 5.75 Å². The number of hydrogen-bond acceptors (Lipinski definition) is 3. The van der Waals surface area contributed by atoms with Gasteiger partial charge in [0.25, 0.3) is 0 Å². The molecule has 1 atom stereocenters. The number of nitrogens with zero attached hydrogens (tertiary/aromatic N) is 1. The third-order valence-electron chi connectivity index (χ3n) is 5.66. The zero-order valence-corrected chi connectivity index (χ0v) is 16.2. The number of rotatable bonds is 4. The first-order valence-corrected chi connectivity index (χ1v) is 9.88. The Morgan fingerprint density at radius 1 is 1.28 bits per heavy atom. The van der Waals surface area contributed by atoms with Gasteiger partial charge in [0.2, 0.25) is 0 Å². The summed E-state index contributed by atoms with van der Waals surface area (Å²) < 4.78 is 45.8. The van der Waals surface area contributed by atoms with Gasteiger partial charge in [-0.05, 0) is 36.5 Å². The van der Waals surface area contributed by atoms with E-state index in [0.29, 0.717) is 17.9 Å². The van der Waals surface area contributed by atoms with Crippen LogP contribution in [0.3, 0.4) is 0 Å². The standard InChI is InChI=1S/C22H23F3N2O2/c1-2-14-13-29-19-11-17(8-9-18(14)19)27(21(28)22(23,24)25)12-16-6-3-5-15-7-4-10-26-20(15)16/h3,5-6,8-9,11,14,26H,2,4,7,10,12-13H2,1H3. The second-order valence-electron chi connectivity index (χ2n) is 7.51. The van der Waals surface area contributed by atoms with Crippen LogP contribution in [0.1, 0.15) is 42.4 Å². The summed E-state index contributed by atoms with van der Waals surface area (Å²) in [6.07, 6.45) is -2.23. The molecule has 2 heterocycles. The number of para-hydroxylation sites is 1. The molecule has 0 fully saturated rings. The fraction of sp³-hybridized carbons (Fsp3) is 0.409. The maximum Gasteiger partial charge on any atom is 0.471 e. The van der Waals surface area contributed by atoms with Gasteiger partial charge in [-0.3, -0.25) is 9.69 Å². The Hall–Kier alpha value is -2.70. The lowest BCUT2D eigenvalue weighted by Crippen LogP contribution is -2.41. The van der Waals surface area contributed by atoms with Crippen LogP contribution in [0.15, 0.2) is 36.4 Å². The number of ether oxygens (including phenoxy) is 1. The Morgan fingerprint density at radius 3 is 2.86 bits per heavy atom. The fourth-order valence-corrected chi connectivity index (χ4v) is 4.09. The molecule has 2 aromatic carbocycles. The van der Waals surface area contributed by atoms with Crippen molar-refractivity contribution in [3.05, 3.63) is 53.1 Å². The normalized spacial score (nSPS) is 17.7. The molecule has 2 aliphatic rings. The quantitative estimate of drug-likeness (QED) is 0.778. The maximum absolute atomic E-state index is 13.4. The van der Waals surface area contributed by atoms with E-state index in [-0.39, 0.29) is 18.2 Å². The van der Waals surface area contributed by atoms with Gasteiger partial charge in [-0.2, -0.15) is 13.2 Å². The zero-order chi connectivity index (χ0) is 20.6. The Bertz CT molecular complexity index is 927. The number of alkyl halides is 3. The third-order valence-corrected chi connectivity index (χ3v) is 5.66. The van der Waals surface area contributed by atoms with E-state index < -0.39 is 12.1 Å². The van der Waals surface area contributed by atoms with E-state index in [9.17, 15) is 18.0 Å². The number of nitrogens with one attached hydrogen (secondary N) is 1. The molecule has 29 heavy (non-hydrogen) atoms. The minimum Gasteiger partial charge on any atom is -0.493 e. The van der Waals surface area contributed by atoms with Gasteiger partial charge in [-0.25, -0.2) is 0 Å². The van der Waals surface area contributed by atoms with E-state index in [1.807, 2.05) is 19.1 Å². The van der Waals surface area contributed by atoms with Gasteiger partial charge < -0.3 is 10.1 Å². The molecule has 4 rings (SSSR count). The number of halogens is 3. The van der Waals surface area contributed by atoms with E-state index in [4.69, 9.17) is 4.74 Å². The van der Waals surface area contributed by atoms with Crippen LogP contribution in [0.2, 0.25) is 0 Å². The lowest BCUT2D eigenvalue weighted by atomic mass is 9.97. The molecule has 0 saturated heterocycles. The van der Waals surface area contributed by atoms with Crippen molar-refractivity contribution >= 4 is 17.3 Å². The summed E-state index contributed by atoms with van der Waals surface area (Å²) in [4.78, 5) is 13.1. The van der Waals surface area contributed by atoms with Crippen molar-refractivity contribution in [3.63, 3.8) is 0 Å². The van der Waals surface area contributed by atoms with Gasteiger partial charge in [0, 0.05) is 35.5 Å². The van der Waals surface area contributed by atoms with Crippen LogP contribution in [0.4, 0.5) is 24.5 Å². The molecule has 0 aromatic heterocycles. The molecule has 1 unspecified atom stereocenters. The smallest absolute Gasteiger partial charge is 0.471 e. The molecule has 7 heteroatoms. The van der Waals surface area contributed by atoms with Crippen molar-refractivity contribution in [2.45, 2.75) is 44.8 Å². The molecule has 0 radical (unpaired) electrons. The summed E-state index contributed by atoms with van der Waals surface area (Å²) >= 11 is 0. The Labute approximate surface area is 167 Å². The highest BCUT2D eigenvalue weighted by atomic mass is 19.4. The second-order valence-corrected chi connectivity index (χ2v) is 7.51. The van der Waals surface area contributed by atoms with E-state index in [1.54, 1.807) is 24.3 Å². The van der Waals surface area contributed by atoms with E-state index in [2.05, 4.69) is 5.32 Å². The summed E-state index contributed by atoms with van der Waals surface area (Å²) in [5, 5.41) is 3.28. The first-order valence-electron chi connectivity index (χ1n) is 9.88. The van der Waals surface area contributed by atoms with Crippen molar-refractivity contribution in [3.8, 4) is 5.75 Å². The molecule has 0 spiro atoms. The molecule has 2 aromatic rings. The average molecular weight is 404 g/mol. The highest BCUT2D eigenvalue weighted by Crippen LogP contribution is 2.39. The van der Waals surface area contributed by atoms with E-state index >= 15 is 0 Å². The molecule has 1 amide bonds. The summed E-state index contributed by atoms with van der Waals surface area (Å²) in [5.74, 6) is -1.09. The third kappa shape index (κ3) is 3.78. The number of fused-ring (bicyclic) bond motifs is 2. The molecule has 0 aliphatic carbocycles. The second kappa shape index (κ2) is 7.61. The minimum absolute atomic E-state index is 0.162. The highest BCUT2D eigenvalue weighted by molar-refractivity contribution is 5.97. The lowest BCUT2D eigenvalue weighted by molar-refractivity contribution is -0.170. The van der Waals surface area contributed by atoms with Gasteiger partial charge in [0.1, 0.15) is 5.75 Å². The van der Waals surface area contributed by atoms with Crippen LogP contribution in [0.25, 0.3) is 0 Å². The number of carbonyl (C=O) groups excluding carboxylic acids is 1. The lowest BCUT2D eigenvalue weighted by Gasteiger charge is -2.27. The Kier molecular flexibility index (Phi) is 5.15. The van der Waals surface area contributed by atoms with Gasteiger partial charge in [-0.15, -0.1) is 0 Å².